The fraction of sp³-hybridized carbons (Fsp3) is 0.500. The third-order valence-corrected chi connectivity index (χ3v) is 4.45. The Morgan fingerprint density at radius 3 is 2.96 bits per heavy atom. The van der Waals surface area contributed by atoms with Crippen molar-refractivity contribution in [3.05, 3.63) is 41.7 Å². The quantitative estimate of drug-likeness (QED) is 0.915. The fourth-order valence-corrected chi connectivity index (χ4v) is 3.10. The van der Waals surface area contributed by atoms with E-state index in [-0.39, 0.29) is 0 Å². The highest BCUT2D eigenvalue weighted by molar-refractivity contribution is 5.59. The van der Waals surface area contributed by atoms with Crippen LogP contribution in [0.3, 0.4) is 0 Å². The summed E-state index contributed by atoms with van der Waals surface area (Å²) in [5.74, 6) is 0. The van der Waals surface area contributed by atoms with Gasteiger partial charge in [0.2, 0.25) is 0 Å². The van der Waals surface area contributed by atoms with Gasteiger partial charge < -0.3 is 10.2 Å². The highest BCUT2D eigenvalue weighted by Crippen LogP contribution is 2.23. The number of hydrogen-bond acceptors (Lipinski definition) is 5. The number of anilines is 1. The summed E-state index contributed by atoms with van der Waals surface area (Å²) in [5.41, 5.74) is 2.76. The van der Waals surface area contributed by atoms with Gasteiger partial charge in [-0.15, -0.1) is 5.10 Å². The van der Waals surface area contributed by atoms with Crippen LogP contribution in [0, 0.1) is 11.3 Å². The average Bonchev–Trinajstić information content (AvgIpc) is 3.09. The molecule has 1 N–H and O–H groups in total. The summed E-state index contributed by atoms with van der Waals surface area (Å²) in [6.45, 7) is 6.83. The van der Waals surface area contributed by atoms with Gasteiger partial charge in [-0.05, 0) is 38.8 Å². The lowest BCUT2D eigenvalue weighted by atomic mass is 10.0. The number of benzene rings is 1. The van der Waals surface area contributed by atoms with Crippen molar-refractivity contribution in [2.45, 2.75) is 45.3 Å². The third kappa shape index (κ3) is 3.74. The smallest absolute Gasteiger partial charge is 0.101 e. The molecule has 0 bridgehead atoms. The maximum absolute atomic E-state index is 9.30. The summed E-state index contributed by atoms with van der Waals surface area (Å²) in [6, 6.07) is 10.9. The van der Waals surface area contributed by atoms with Gasteiger partial charge in [0, 0.05) is 31.7 Å². The number of hydrogen-bond donors (Lipinski definition) is 1. The van der Waals surface area contributed by atoms with Gasteiger partial charge in [-0.3, -0.25) is 0 Å². The largest absolute Gasteiger partial charge is 0.369 e. The Bertz CT molecular complexity index is 714. The standard InChI is InChI=1S/C18H24N6/c1-14(2)24-13-17(21-22-24)11-20-16-7-5-9-23(12-16)18-8-4-3-6-15(18)10-19/h3-4,6,8,13-14,16,20H,5,7,9,11-12H2,1-2H3. The zero-order chi connectivity index (χ0) is 16.9. The van der Waals surface area contributed by atoms with Crippen LogP contribution in [0.25, 0.3) is 0 Å². The number of piperidine rings is 1. The Labute approximate surface area is 143 Å². The predicted octanol–water partition coefficient (Wildman–Crippen LogP) is 2.49. The van der Waals surface area contributed by atoms with Crippen molar-refractivity contribution in [2.24, 2.45) is 0 Å². The molecule has 0 radical (unpaired) electrons. The molecule has 24 heavy (non-hydrogen) atoms. The molecule has 1 fully saturated rings. The van der Waals surface area contributed by atoms with Crippen molar-refractivity contribution in [3.8, 4) is 6.07 Å². The van der Waals surface area contributed by atoms with Gasteiger partial charge >= 0.3 is 0 Å². The van der Waals surface area contributed by atoms with E-state index in [0.29, 0.717) is 12.1 Å². The summed E-state index contributed by atoms with van der Waals surface area (Å²) < 4.78 is 1.88. The summed E-state index contributed by atoms with van der Waals surface area (Å²) in [7, 11) is 0. The van der Waals surface area contributed by atoms with Crippen molar-refractivity contribution >= 4 is 5.69 Å². The minimum atomic E-state index is 0.332. The molecule has 126 valence electrons. The van der Waals surface area contributed by atoms with Crippen LogP contribution in [-0.2, 0) is 6.54 Å². The molecular formula is C18H24N6. The molecule has 1 saturated heterocycles. The molecule has 6 heteroatoms. The summed E-state index contributed by atoms with van der Waals surface area (Å²) >= 11 is 0. The van der Waals surface area contributed by atoms with E-state index >= 15 is 0 Å². The lowest BCUT2D eigenvalue weighted by Gasteiger charge is -2.35. The van der Waals surface area contributed by atoms with Crippen LogP contribution in [0.5, 0.6) is 0 Å². The van der Waals surface area contributed by atoms with Crippen LogP contribution in [0.15, 0.2) is 30.5 Å². The first-order chi connectivity index (χ1) is 11.7. The first-order valence-corrected chi connectivity index (χ1v) is 8.55. The second kappa shape index (κ2) is 7.45. The van der Waals surface area contributed by atoms with Gasteiger partial charge in [-0.2, -0.15) is 5.26 Å². The van der Waals surface area contributed by atoms with E-state index in [0.717, 1.165) is 49.4 Å². The maximum atomic E-state index is 9.30. The molecule has 6 nitrogen and oxygen atoms in total. The minimum absolute atomic E-state index is 0.332. The molecule has 0 amide bonds. The Morgan fingerprint density at radius 2 is 2.21 bits per heavy atom. The summed E-state index contributed by atoms with van der Waals surface area (Å²) in [6.07, 6.45) is 4.27. The van der Waals surface area contributed by atoms with Crippen LogP contribution >= 0.6 is 0 Å². The minimum Gasteiger partial charge on any atom is -0.369 e. The zero-order valence-corrected chi connectivity index (χ0v) is 14.3. The second-order valence-corrected chi connectivity index (χ2v) is 6.58. The number of aromatic nitrogens is 3. The van der Waals surface area contributed by atoms with Crippen molar-refractivity contribution < 1.29 is 0 Å². The van der Waals surface area contributed by atoms with Gasteiger partial charge in [-0.25, -0.2) is 4.68 Å². The molecule has 1 atom stereocenters. The van der Waals surface area contributed by atoms with Crippen molar-refractivity contribution in [2.75, 3.05) is 18.0 Å². The molecule has 1 aliphatic heterocycles. The summed E-state index contributed by atoms with van der Waals surface area (Å²) in [4.78, 5) is 2.31. The molecule has 0 aliphatic carbocycles. The van der Waals surface area contributed by atoms with Gasteiger partial charge in [0.15, 0.2) is 0 Å². The van der Waals surface area contributed by atoms with E-state index in [4.69, 9.17) is 0 Å². The molecule has 1 aliphatic rings. The highest BCUT2D eigenvalue weighted by atomic mass is 15.4. The Balaban J connectivity index is 1.60. The lowest BCUT2D eigenvalue weighted by molar-refractivity contribution is 0.419. The van der Waals surface area contributed by atoms with Crippen LogP contribution in [0.4, 0.5) is 5.69 Å². The molecule has 0 saturated carbocycles. The van der Waals surface area contributed by atoms with Crippen LogP contribution in [0.2, 0.25) is 0 Å². The molecular weight excluding hydrogens is 300 g/mol. The molecule has 3 rings (SSSR count). The first-order valence-electron chi connectivity index (χ1n) is 8.55. The monoisotopic (exact) mass is 324 g/mol. The summed E-state index contributed by atoms with van der Waals surface area (Å²) in [5, 5.41) is 21.3. The molecule has 1 unspecified atom stereocenters. The lowest BCUT2D eigenvalue weighted by Crippen LogP contribution is -2.45. The van der Waals surface area contributed by atoms with Gasteiger partial charge in [0.1, 0.15) is 6.07 Å². The second-order valence-electron chi connectivity index (χ2n) is 6.58. The molecule has 2 aromatic rings. The predicted molar refractivity (Wildman–Crippen MR) is 93.6 cm³/mol. The van der Waals surface area contributed by atoms with Gasteiger partial charge in [0.05, 0.1) is 23.1 Å². The Morgan fingerprint density at radius 1 is 1.38 bits per heavy atom. The number of nitrogens with one attached hydrogen (secondary N) is 1. The first kappa shape index (κ1) is 16.5. The van der Waals surface area contributed by atoms with E-state index in [2.05, 4.69) is 40.4 Å². The van der Waals surface area contributed by atoms with Crippen LogP contribution in [0.1, 0.15) is 44.0 Å². The third-order valence-electron chi connectivity index (χ3n) is 4.45. The number of rotatable bonds is 5. The molecule has 1 aromatic heterocycles. The highest BCUT2D eigenvalue weighted by Gasteiger charge is 2.21. The molecule has 2 heterocycles. The zero-order valence-electron chi connectivity index (χ0n) is 14.3. The Kier molecular flexibility index (Phi) is 5.11. The normalized spacial score (nSPS) is 17.9. The van der Waals surface area contributed by atoms with Gasteiger partial charge in [0.25, 0.3) is 0 Å². The van der Waals surface area contributed by atoms with E-state index in [9.17, 15) is 5.26 Å². The van der Waals surface area contributed by atoms with Crippen molar-refractivity contribution in [1.29, 1.82) is 5.26 Å². The molecule has 1 aromatic carbocycles. The van der Waals surface area contributed by atoms with Crippen molar-refractivity contribution in [3.63, 3.8) is 0 Å². The average molecular weight is 324 g/mol. The Hall–Kier alpha value is -2.39. The van der Waals surface area contributed by atoms with E-state index < -0.39 is 0 Å². The van der Waals surface area contributed by atoms with E-state index in [1.54, 1.807) is 0 Å². The number of para-hydroxylation sites is 1. The van der Waals surface area contributed by atoms with Crippen LogP contribution in [-0.4, -0.2) is 34.1 Å². The van der Waals surface area contributed by atoms with E-state index in [1.807, 2.05) is 35.1 Å². The topological polar surface area (TPSA) is 69.8 Å². The van der Waals surface area contributed by atoms with Crippen LogP contribution < -0.4 is 10.2 Å². The van der Waals surface area contributed by atoms with E-state index in [1.165, 1.54) is 0 Å². The molecule has 0 spiro atoms. The fourth-order valence-electron chi connectivity index (χ4n) is 3.10. The number of nitrogens with zero attached hydrogens (tertiary/aromatic N) is 5. The van der Waals surface area contributed by atoms with Gasteiger partial charge in [-0.1, -0.05) is 17.3 Å². The SMILES string of the molecule is CC(C)n1cc(CNC2CCCN(c3ccccc3C#N)C2)nn1. The number of nitriles is 1. The maximum Gasteiger partial charge on any atom is 0.101 e. The van der Waals surface area contributed by atoms with Crippen molar-refractivity contribution in [1.82, 2.24) is 20.3 Å².